The molecule has 0 unspecified atom stereocenters. The molecule has 2 rings (SSSR count). The SMILES string of the molecule is C=C1CCc2c(sc(N)c2C(=O)OCC)C1. The van der Waals surface area contributed by atoms with E-state index in [9.17, 15) is 4.79 Å². The van der Waals surface area contributed by atoms with E-state index < -0.39 is 0 Å². The number of allylic oxidation sites excluding steroid dienone is 1. The molecule has 0 fully saturated rings. The number of nitrogen functional groups attached to an aromatic ring is 1. The van der Waals surface area contributed by atoms with E-state index in [1.807, 2.05) is 0 Å². The zero-order valence-electron chi connectivity index (χ0n) is 9.34. The summed E-state index contributed by atoms with van der Waals surface area (Å²) in [5.74, 6) is -0.287. The third-order valence-electron chi connectivity index (χ3n) is 2.74. The lowest BCUT2D eigenvalue weighted by Gasteiger charge is -2.14. The van der Waals surface area contributed by atoms with E-state index >= 15 is 0 Å². The molecule has 0 aliphatic heterocycles. The van der Waals surface area contributed by atoms with Crippen molar-refractivity contribution < 1.29 is 9.53 Å². The van der Waals surface area contributed by atoms with Crippen LogP contribution in [0.1, 0.15) is 34.1 Å². The summed E-state index contributed by atoms with van der Waals surface area (Å²) < 4.78 is 5.03. The van der Waals surface area contributed by atoms with Crippen LogP contribution in [0.4, 0.5) is 5.00 Å². The van der Waals surface area contributed by atoms with Gasteiger partial charge in [0.25, 0.3) is 0 Å². The molecule has 0 amide bonds. The van der Waals surface area contributed by atoms with E-state index in [-0.39, 0.29) is 5.97 Å². The van der Waals surface area contributed by atoms with Crippen molar-refractivity contribution in [2.24, 2.45) is 0 Å². The molecule has 1 aromatic rings. The molecule has 0 radical (unpaired) electrons. The monoisotopic (exact) mass is 237 g/mol. The van der Waals surface area contributed by atoms with Crippen LogP contribution in [-0.2, 0) is 17.6 Å². The smallest absolute Gasteiger partial charge is 0.341 e. The Morgan fingerprint density at radius 3 is 3.00 bits per heavy atom. The number of fused-ring (bicyclic) bond motifs is 1. The second-order valence-corrected chi connectivity index (χ2v) is 5.03. The molecule has 1 aromatic heterocycles. The highest BCUT2D eigenvalue weighted by Crippen LogP contribution is 2.37. The normalized spacial score (nSPS) is 14.7. The second kappa shape index (κ2) is 4.29. The van der Waals surface area contributed by atoms with Crippen molar-refractivity contribution in [3.05, 3.63) is 28.2 Å². The predicted octanol–water partition coefficient (Wildman–Crippen LogP) is 2.55. The zero-order chi connectivity index (χ0) is 11.7. The van der Waals surface area contributed by atoms with Gasteiger partial charge < -0.3 is 10.5 Å². The second-order valence-electron chi connectivity index (χ2n) is 3.89. The third-order valence-corrected chi connectivity index (χ3v) is 3.80. The summed E-state index contributed by atoms with van der Waals surface area (Å²) in [6, 6.07) is 0. The number of hydrogen-bond acceptors (Lipinski definition) is 4. The van der Waals surface area contributed by atoms with Crippen molar-refractivity contribution in [2.45, 2.75) is 26.2 Å². The van der Waals surface area contributed by atoms with Crippen LogP contribution in [0.2, 0.25) is 0 Å². The van der Waals surface area contributed by atoms with Gasteiger partial charge in [-0.1, -0.05) is 12.2 Å². The largest absolute Gasteiger partial charge is 0.462 e. The Morgan fingerprint density at radius 1 is 1.56 bits per heavy atom. The van der Waals surface area contributed by atoms with Crippen molar-refractivity contribution in [3.8, 4) is 0 Å². The summed E-state index contributed by atoms with van der Waals surface area (Å²) in [6.45, 7) is 6.17. The zero-order valence-corrected chi connectivity index (χ0v) is 10.2. The van der Waals surface area contributed by atoms with Gasteiger partial charge in [-0.05, 0) is 25.3 Å². The topological polar surface area (TPSA) is 52.3 Å². The fourth-order valence-corrected chi connectivity index (χ4v) is 3.16. The molecule has 16 heavy (non-hydrogen) atoms. The highest BCUT2D eigenvalue weighted by molar-refractivity contribution is 7.16. The summed E-state index contributed by atoms with van der Waals surface area (Å²) in [6.07, 6.45) is 2.65. The Balaban J connectivity index is 2.39. The third kappa shape index (κ3) is 1.85. The molecular formula is C12H15NO2S. The molecule has 1 aliphatic rings. The van der Waals surface area contributed by atoms with E-state index in [2.05, 4.69) is 6.58 Å². The highest BCUT2D eigenvalue weighted by Gasteiger charge is 2.25. The van der Waals surface area contributed by atoms with Gasteiger partial charge >= 0.3 is 5.97 Å². The van der Waals surface area contributed by atoms with Crippen LogP contribution in [0.5, 0.6) is 0 Å². The Labute approximate surface area is 98.9 Å². The van der Waals surface area contributed by atoms with E-state index in [0.717, 1.165) is 24.8 Å². The van der Waals surface area contributed by atoms with E-state index in [1.54, 1.807) is 6.92 Å². The van der Waals surface area contributed by atoms with Gasteiger partial charge in [0.05, 0.1) is 12.2 Å². The number of carbonyl (C=O) groups is 1. The summed E-state index contributed by atoms with van der Waals surface area (Å²) in [7, 11) is 0. The molecule has 0 aromatic carbocycles. The van der Waals surface area contributed by atoms with Gasteiger partial charge in [-0.15, -0.1) is 11.3 Å². The maximum absolute atomic E-state index is 11.8. The van der Waals surface area contributed by atoms with Crippen molar-refractivity contribution in [3.63, 3.8) is 0 Å². The molecule has 0 saturated heterocycles. The first-order valence-corrected chi connectivity index (χ1v) is 6.19. The first-order valence-electron chi connectivity index (χ1n) is 5.37. The lowest BCUT2D eigenvalue weighted by Crippen LogP contribution is -2.11. The fourth-order valence-electron chi connectivity index (χ4n) is 1.98. The van der Waals surface area contributed by atoms with Crippen molar-refractivity contribution in [1.82, 2.24) is 0 Å². The molecule has 1 aliphatic carbocycles. The fraction of sp³-hybridized carbons (Fsp3) is 0.417. The summed E-state index contributed by atoms with van der Waals surface area (Å²) in [5.41, 5.74) is 8.77. The van der Waals surface area contributed by atoms with E-state index in [1.165, 1.54) is 21.8 Å². The summed E-state index contributed by atoms with van der Waals surface area (Å²) in [5, 5.41) is 0.582. The Hall–Kier alpha value is -1.29. The number of carbonyl (C=O) groups excluding carboxylic acids is 1. The Morgan fingerprint density at radius 2 is 2.31 bits per heavy atom. The van der Waals surface area contributed by atoms with Gasteiger partial charge in [-0.25, -0.2) is 4.79 Å². The van der Waals surface area contributed by atoms with Gasteiger partial charge in [0.15, 0.2) is 0 Å². The Bertz CT molecular complexity index is 448. The van der Waals surface area contributed by atoms with Crippen LogP contribution < -0.4 is 5.73 Å². The maximum Gasteiger partial charge on any atom is 0.341 e. The number of hydrogen-bond donors (Lipinski definition) is 1. The molecule has 1 heterocycles. The summed E-state index contributed by atoms with van der Waals surface area (Å²) in [4.78, 5) is 12.9. The molecule has 0 atom stereocenters. The standard InChI is InChI=1S/C12H15NO2S/c1-3-15-12(14)10-8-5-4-7(2)6-9(8)16-11(10)13/h2-6,13H2,1H3. The molecule has 3 nitrogen and oxygen atoms in total. The van der Waals surface area contributed by atoms with Crippen LogP contribution in [0.25, 0.3) is 0 Å². The number of rotatable bonds is 2. The minimum atomic E-state index is -0.287. The van der Waals surface area contributed by atoms with Crippen LogP contribution in [0, 0.1) is 0 Å². The lowest BCUT2D eigenvalue weighted by atomic mass is 9.92. The van der Waals surface area contributed by atoms with Crippen molar-refractivity contribution >= 4 is 22.3 Å². The molecule has 0 saturated carbocycles. The average Bonchev–Trinajstić information content (AvgIpc) is 2.53. The molecular weight excluding hydrogens is 222 g/mol. The van der Waals surface area contributed by atoms with Crippen LogP contribution in [0.3, 0.4) is 0 Å². The molecule has 86 valence electrons. The highest BCUT2D eigenvalue weighted by atomic mass is 32.1. The minimum Gasteiger partial charge on any atom is -0.462 e. The number of esters is 1. The van der Waals surface area contributed by atoms with Gasteiger partial charge in [0, 0.05) is 11.3 Å². The van der Waals surface area contributed by atoms with Crippen LogP contribution >= 0.6 is 11.3 Å². The maximum atomic E-state index is 11.8. The van der Waals surface area contributed by atoms with Crippen molar-refractivity contribution in [1.29, 1.82) is 0 Å². The number of ether oxygens (including phenoxy) is 1. The molecule has 0 bridgehead atoms. The minimum absolute atomic E-state index is 0.287. The number of thiophene rings is 1. The number of anilines is 1. The average molecular weight is 237 g/mol. The van der Waals surface area contributed by atoms with Gasteiger partial charge in [0.2, 0.25) is 0 Å². The van der Waals surface area contributed by atoms with Gasteiger partial charge in [0.1, 0.15) is 5.00 Å². The predicted molar refractivity (Wildman–Crippen MR) is 65.9 cm³/mol. The van der Waals surface area contributed by atoms with Crippen LogP contribution in [-0.4, -0.2) is 12.6 Å². The van der Waals surface area contributed by atoms with Crippen molar-refractivity contribution in [2.75, 3.05) is 12.3 Å². The molecule has 0 spiro atoms. The van der Waals surface area contributed by atoms with Gasteiger partial charge in [-0.2, -0.15) is 0 Å². The van der Waals surface area contributed by atoms with E-state index in [0.29, 0.717) is 17.2 Å². The lowest BCUT2D eigenvalue weighted by molar-refractivity contribution is 0.0527. The van der Waals surface area contributed by atoms with Gasteiger partial charge in [-0.3, -0.25) is 0 Å². The molecule has 2 N–H and O–H groups in total. The first-order chi connectivity index (χ1) is 7.63. The molecule has 4 heteroatoms. The first kappa shape index (κ1) is 11.2. The quantitative estimate of drug-likeness (QED) is 0.635. The van der Waals surface area contributed by atoms with E-state index in [4.69, 9.17) is 10.5 Å². The van der Waals surface area contributed by atoms with Crippen LogP contribution in [0.15, 0.2) is 12.2 Å². The summed E-state index contributed by atoms with van der Waals surface area (Å²) >= 11 is 1.49. The Kier molecular flexibility index (Phi) is 3.01. The number of nitrogens with two attached hydrogens (primary N) is 1.